The first-order valence-electron chi connectivity index (χ1n) is 5.38. The molecule has 0 spiro atoms. The summed E-state index contributed by atoms with van der Waals surface area (Å²) in [4.78, 5) is 10.4. The van der Waals surface area contributed by atoms with Crippen LogP contribution in [0.4, 0.5) is 5.69 Å². The van der Waals surface area contributed by atoms with Crippen LogP contribution in [0.5, 0.6) is 0 Å². The molecule has 6 heteroatoms. The van der Waals surface area contributed by atoms with Crippen LogP contribution in [0.3, 0.4) is 0 Å². The molecule has 4 nitrogen and oxygen atoms in total. The first-order chi connectivity index (χ1) is 8.18. The van der Waals surface area contributed by atoms with Crippen LogP contribution in [0.1, 0.15) is 5.56 Å². The molecule has 0 aromatic heterocycles. The number of nitro benzene ring substituents is 1. The maximum Gasteiger partial charge on any atom is 0.283 e. The van der Waals surface area contributed by atoms with E-state index in [-0.39, 0.29) is 10.6 Å². The van der Waals surface area contributed by atoms with E-state index in [2.05, 4.69) is 21.2 Å². The summed E-state index contributed by atoms with van der Waals surface area (Å²) in [7, 11) is 0. The lowest BCUT2D eigenvalue weighted by Gasteiger charge is -2.26. The molecule has 0 saturated carbocycles. The van der Waals surface area contributed by atoms with E-state index in [1.54, 1.807) is 6.07 Å². The first-order valence-corrected chi connectivity index (χ1v) is 7.33. The van der Waals surface area contributed by atoms with E-state index in [0.29, 0.717) is 4.47 Å². The molecule has 1 fully saturated rings. The van der Waals surface area contributed by atoms with Crippen LogP contribution in [0.15, 0.2) is 22.7 Å². The van der Waals surface area contributed by atoms with E-state index >= 15 is 0 Å². The van der Waals surface area contributed by atoms with E-state index in [1.165, 1.54) is 6.07 Å². The molecule has 0 atom stereocenters. The van der Waals surface area contributed by atoms with Gasteiger partial charge in [0, 0.05) is 11.8 Å². The number of hydrogen-bond acceptors (Lipinski definition) is 4. The highest BCUT2D eigenvalue weighted by molar-refractivity contribution is 9.10. The Balaban J connectivity index is 1.95. The number of rotatable bonds is 5. The standard InChI is InChI=1S/C11H13BrN2O2S/c12-11-9(2-1-3-10(11)14(15)16)7-17-6-8-4-13-5-8/h1-3,8,13H,4-7H2. The van der Waals surface area contributed by atoms with Crippen LogP contribution in [0.2, 0.25) is 0 Å². The molecular weight excluding hydrogens is 304 g/mol. The predicted molar refractivity (Wildman–Crippen MR) is 73.3 cm³/mol. The van der Waals surface area contributed by atoms with Gasteiger partial charge in [-0.15, -0.1) is 0 Å². The van der Waals surface area contributed by atoms with Crippen molar-refractivity contribution in [2.24, 2.45) is 5.92 Å². The zero-order chi connectivity index (χ0) is 12.3. The Labute approximate surface area is 112 Å². The van der Waals surface area contributed by atoms with Crippen molar-refractivity contribution in [1.82, 2.24) is 5.32 Å². The Morgan fingerprint density at radius 2 is 2.29 bits per heavy atom. The smallest absolute Gasteiger partial charge is 0.283 e. The van der Waals surface area contributed by atoms with Gasteiger partial charge in [-0.25, -0.2) is 0 Å². The summed E-state index contributed by atoms with van der Waals surface area (Å²) in [5.74, 6) is 2.69. The highest BCUT2D eigenvalue weighted by Crippen LogP contribution is 2.31. The summed E-state index contributed by atoms with van der Waals surface area (Å²) in [5, 5.41) is 14.0. The van der Waals surface area contributed by atoms with Gasteiger partial charge in [-0.3, -0.25) is 10.1 Å². The third-order valence-corrected chi connectivity index (χ3v) is 4.87. The average Bonchev–Trinajstić information content (AvgIpc) is 2.23. The maximum absolute atomic E-state index is 10.8. The second-order valence-electron chi connectivity index (χ2n) is 4.05. The van der Waals surface area contributed by atoms with Gasteiger partial charge in [0.25, 0.3) is 5.69 Å². The minimum atomic E-state index is -0.353. The van der Waals surface area contributed by atoms with Crippen LogP contribution in [-0.4, -0.2) is 23.8 Å². The van der Waals surface area contributed by atoms with E-state index in [0.717, 1.165) is 36.1 Å². The summed E-state index contributed by atoms with van der Waals surface area (Å²) >= 11 is 5.15. The van der Waals surface area contributed by atoms with Gasteiger partial charge >= 0.3 is 0 Å². The molecule has 92 valence electrons. The number of nitro groups is 1. The fourth-order valence-electron chi connectivity index (χ4n) is 1.62. The van der Waals surface area contributed by atoms with Gasteiger partial charge in [-0.2, -0.15) is 11.8 Å². The monoisotopic (exact) mass is 316 g/mol. The Bertz CT molecular complexity index is 424. The normalized spacial score (nSPS) is 15.6. The van der Waals surface area contributed by atoms with E-state index < -0.39 is 0 Å². The van der Waals surface area contributed by atoms with Crippen LogP contribution in [0.25, 0.3) is 0 Å². The molecular formula is C11H13BrN2O2S. The molecule has 1 aliphatic heterocycles. The number of nitrogens with zero attached hydrogens (tertiary/aromatic N) is 1. The van der Waals surface area contributed by atoms with Crippen molar-refractivity contribution < 1.29 is 4.92 Å². The molecule has 0 amide bonds. The van der Waals surface area contributed by atoms with Crippen LogP contribution in [0, 0.1) is 16.0 Å². The Morgan fingerprint density at radius 1 is 1.53 bits per heavy atom. The lowest BCUT2D eigenvalue weighted by molar-refractivity contribution is -0.385. The van der Waals surface area contributed by atoms with Gasteiger partial charge in [0.15, 0.2) is 0 Å². The molecule has 1 aromatic rings. The van der Waals surface area contributed by atoms with Gasteiger partial charge in [-0.05, 0) is 46.3 Å². The predicted octanol–water partition coefficient (Wildman–Crippen LogP) is 2.81. The molecule has 1 saturated heterocycles. The molecule has 0 bridgehead atoms. The van der Waals surface area contributed by atoms with Crippen molar-refractivity contribution in [2.75, 3.05) is 18.8 Å². The number of thioether (sulfide) groups is 1. The van der Waals surface area contributed by atoms with Gasteiger partial charge in [0.1, 0.15) is 0 Å². The second-order valence-corrected chi connectivity index (χ2v) is 5.87. The fourth-order valence-corrected chi connectivity index (χ4v) is 3.50. The third kappa shape index (κ3) is 3.20. The summed E-state index contributed by atoms with van der Waals surface area (Å²) in [5.41, 5.74) is 1.14. The highest BCUT2D eigenvalue weighted by atomic mass is 79.9. The zero-order valence-corrected chi connectivity index (χ0v) is 11.6. The average molecular weight is 317 g/mol. The molecule has 1 aliphatic rings. The Hall–Kier alpha value is -0.590. The SMILES string of the molecule is O=[N+]([O-])c1cccc(CSCC2CNC2)c1Br. The largest absolute Gasteiger partial charge is 0.316 e. The van der Waals surface area contributed by atoms with Crippen LogP contribution < -0.4 is 5.32 Å². The topological polar surface area (TPSA) is 55.2 Å². The minimum Gasteiger partial charge on any atom is -0.316 e. The molecule has 0 radical (unpaired) electrons. The summed E-state index contributed by atoms with van der Waals surface area (Å²) in [6, 6.07) is 5.20. The fraction of sp³-hybridized carbons (Fsp3) is 0.455. The van der Waals surface area contributed by atoms with Crippen LogP contribution in [-0.2, 0) is 5.75 Å². The molecule has 17 heavy (non-hydrogen) atoms. The van der Waals surface area contributed by atoms with Crippen molar-refractivity contribution in [3.63, 3.8) is 0 Å². The number of halogens is 1. The Kier molecular flexibility index (Phi) is 4.42. The number of benzene rings is 1. The molecule has 1 heterocycles. The van der Waals surface area contributed by atoms with Gasteiger partial charge in [0.05, 0.1) is 9.40 Å². The molecule has 0 unspecified atom stereocenters. The van der Waals surface area contributed by atoms with Gasteiger partial charge < -0.3 is 5.32 Å². The maximum atomic E-state index is 10.8. The van der Waals surface area contributed by atoms with Gasteiger partial charge in [0.2, 0.25) is 0 Å². The van der Waals surface area contributed by atoms with Crippen molar-refractivity contribution in [3.05, 3.63) is 38.3 Å². The van der Waals surface area contributed by atoms with E-state index in [1.807, 2.05) is 17.8 Å². The number of nitrogens with one attached hydrogen (secondary N) is 1. The van der Waals surface area contributed by atoms with E-state index in [4.69, 9.17) is 0 Å². The molecule has 0 aliphatic carbocycles. The third-order valence-electron chi connectivity index (χ3n) is 2.73. The van der Waals surface area contributed by atoms with Crippen molar-refractivity contribution >= 4 is 33.4 Å². The number of hydrogen-bond donors (Lipinski definition) is 1. The summed E-state index contributed by atoms with van der Waals surface area (Å²) in [6.45, 7) is 2.20. The Morgan fingerprint density at radius 3 is 2.88 bits per heavy atom. The lowest BCUT2D eigenvalue weighted by Crippen LogP contribution is -2.43. The quantitative estimate of drug-likeness (QED) is 0.670. The molecule has 1 aromatic carbocycles. The highest BCUT2D eigenvalue weighted by Gasteiger charge is 2.18. The van der Waals surface area contributed by atoms with E-state index in [9.17, 15) is 10.1 Å². The van der Waals surface area contributed by atoms with Crippen LogP contribution >= 0.6 is 27.7 Å². The van der Waals surface area contributed by atoms with Crippen molar-refractivity contribution in [1.29, 1.82) is 0 Å². The summed E-state index contributed by atoms with van der Waals surface area (Å²) in [6.07, 6.45) is 0. The van der Waals surface area contributed by atoms with Gasteiger partial charge in [-0.1, -0.05) is 12.1 Å². The minimum absolute atomic E-state index is 0.147. The lowest BCUT2D eigenvalue weighted by atomic mass is 10.1. The molecule has 2 rings (SSSR count). The zero-order valence-electron chi connectivity index (χ0n) is 9.19. The second kappa shape index (κ2) is 5.84. The van der Waals surface area contributed by atoms with Crippen molar-refractivity contribution in [3.8, 4) is 0 Å². The first kappa shape index (κ1) is 12.9. The molecule has 1 N–H and O–H groups in total. The summed E-state index contributed by atoms with van der Waals surface area (Å²) < 4.78 is 0.615. The van der Waals surface area contributed by atoms with Crippen molar-refractivity contribution in [2.45, 2.75) is 5.75 Å².